The molecule has 0 aliphatic rings. The van der Waals surface area contributed by atoms with Crippen LogP contribution in [0.15, 0.2) is 58.7 Å². The molecule has 5 nitrogen and oxygen atoms in total. The van der Waals surface area contributed by atoms with Gasteiger partial charge < -0.3 is 10.3 Å². The van der Waals surface area contributed by atoms with E-state index in [1.54, 1.807) is 6.07 Å². The van der Waals surface area contributed by atoms with E-state index in [1.165, 1.54) is 11.5 Å². The Labute approximate surface area is 152 Å². The minimum atomic E-state index is -0.104. The Hall–Kier alpha value is -2.70. The molecule has 0 fully saturated rings. The van der Waals surface area contributed by atoms with Gasteiger partial charge in [-0.25, -0.2) is 0 Å². The Kier molecular flexibility index (Phi) is 4.21. The minimum Gasteiger partial charge on any atom is -0.381 e. The van der Waals surface area contributed by atoms with Crippen LogP contribution in [-0.2, 0) is 6.54 Å². The van der Waals surface area contributed by atoms with Crippen molar-refractivity contribution in [1.29, 1.82) is 0 Å². The first-order chi connectivity index (χ1) is 12.2. The molecule has 2 aromatic carbocycles. The lowest BCUT2D eigenvalue weighted by atomic mass is 10.1. The minimum absolute atomic E-state index is 0.104. The molecule has 2 aromatic heterocycles. The van der Waals surface area contributed by atoms with Crippen molar-refractivity contribution in [1.82, 2.24) is 14.6 Å². The Bertz CT molecular complexity index is 1070. The molecule has 0 spiro atoms. The van der Waals surface area contributed by atoms with E-state index >= 15 is 0 Å². The predicted octanol–water partition coefficient (Wildman–Crippen LogP) is 4.31. The van der Waals surface area contributed by atoms with E-state index < -0.39 is 0 Å². The molecule has 0 saturated carbocycles. The van der Waals surface area contributed by atoms with Crippen LogP contribution in [0.2, 0.25) is 5.02 Å². The van der Waals surface area contributed by atoms with Crippen LogP contribution in [0.3, 0.4) is 0 Å². The second-order valence-electron chi connectivity index (χ2n) is 5.58. The summed E-state index contributed by atoms with van der Waals surface area (Å²) in [6.45, 7) is 0.426. The Morgan fingerprint density at radius 2 is 1.96 bits per heavy atom. The number of halogens is 1. The number of fused-ring (bicyclic) bond motifs is 1. The number of benzene rings is 2. The van der Waals surface area contributed by atoms with Gasteiger partial charge >= 0.3 is 0 Å². The number of aromatic amines is 1. The predicted molar refractivity (Wildman–Crippen MR) is 102 cm³/mol. The molecule has 2 heterocycles. The lowest BCUT2D eigenvalue weighted by Crippen LogP contribution is -2.15. The fourth-order valence-electron chi connectivity index (χ4n) is 2.60. The van der Waals surface area contributed by atoms with Crippen molar-refractivity contribution in [2.24, 2.45) is 0 Å². The van der Waals surface area contributed by atoms with E-state index in [0.717, 1.165) is 27.8 Å². The van der Waals surface area contributed by atoms with E-state index in [-0.39, 0.29) is 5.56 Å². The van der Waals surface area contributed by atoms with Gasteiger partial charge in [0.1, 0.15) is 5.69 Å². The molecule has 0 radical (unpaired) electrons. The standard InChI is InChI=1S/C18H13ClN4OS/c19-14-3-6-16-12(8-14)7-13(18(24)21-16)9-20-15-4-1-11(2-5-15)17-10-25-23-22-17/h1-8,10,20H,9H2,(H,21,24). The molecule has 0 aliphatic heterocycles. The van der Waals surface area contributed by atoms with Gasteiger partial charge in [0.15, 0.2) is 0 Å². The fraction of sp³-hybridized carbons (Fsp3) is 0.0556. The third kappa shape index (κ3) is 3.40. The summed E-state index contributed by atoms with van der Waals surface area (Å²) in [4.78, 5) is 15.1. The number of nitrogens with one attached hydrogen (secondary N) is 2. The van der Waals surface area contributed by atoms with Gasteiger partial charge in [-0.1, -0.05) is 28.2 Å². The van der Waals surface area contributed by atoms with Gasteiger partial charge in [-0.05, 0) is 47.9 Å². The zero-order valence-corrected chi connectivity index (χ0v) is 14.6. The average molecular weight is 369 g/mol. The summed E-state index contributed by atoms with van der Waals surface area (Å²) in [5.41, 5.74) is 4.13. The molecule has 2 N–H and O–H groups in total. The molecule has 0 unspecified atom stereocenters. The van der Waals surface area contributed by atoms with E-state index in [0.29, 0.717) is 17.1 Å². The summed E-state index contributed by atoms with van der Waals surface area (Å²) < 4.78 is 3.87. The normalized spacial score (nSPS) is 10.9. The van der Waals surface area contributed by atoms with Crippen molar-refractivity contribution in [2.45, 2.75) is 6.54 Å². The molecule has 25 heavy (non-hydrogen) atoms. The number of pyridine rings is 1. The highest BCUT2D eigenvalue weighted by Gasteiger charge is 2.05. The maximum absolute atomic E-state index is 12.2. The van der Waals surface area contributed by atoms with Crippen molar-refractivity contribution in [3.8, 4) is 11.3 Å². The van der Waals surface area contributed by atoms with Gasteiger partial charge in [0.2, 0.25) is 0 Å². The second-order valence-corrected chi connectivity index (χ2v) is 6.62. The van der Waals surface area contributed by atoms with Crippen LogP contribution in [0.4, 0.5) is 5.69 Å². The summed E-state index contributed by atoms with van der Waals surface area (Å²) >= 11 is 7.35. The Morgan fingerprint density at radius 1 is 1.12 bits per heavy atom. The number of rotatable bonds is 4. The van der Waals surface area contributed by atoms with Crippen molar-refractivity contribution >= 4 is 39.7 Å². The van der Waals surface area contributed by atoms with Crippen LogP contribution in [0, 0.1) is 0 Å². The molecule has 124 valence electrons. The maximum atomic E-state index is 12.2. The van der Waals surface area contributed by atoms with Crippen molar-refractivity contribution < 1.29 is 0 Å². The van der Waals surface area contributed by atoms with Crippen molar-refractivity contribution in [3.63, 3.8) is 0 Å². The number of H-pyrrole nitrogens is 1. The van der Waals surface area contributed by atoms with E-state index in [9.17, 15) is 4.79 Å². The number of hydrogen-bond acceptors (Lipinski definition) is 5. The first kappa shape index (κ1) is 15.8. The van der Waals surface area contributed by atoms with Crippen LogP contribution in [-0.4, -0.2) is 14.6 Å². The molecule has 4 rings (SSSR count). The summed E-state index contributed by atoms with van der Waals surface area (Å²) in [6, 6.07) is 15.1. The van der Waals surface area contributed by atoms with Crippen LogP contribution in [0.5, 0.6) is 0 Å². The molecular formula is C18H13ClN4OS. The second kappa shape index (κ2) is 6.66. The molecule has 0 saturated heterocycles. The van der Waals surface area contributed by atoms with Gasteiger partial charge in [0.25, 0.3) is 5.56 Å². The molecule has 4 aromatic rings. The average Bonchev–Trinajstić information content (AvgIpc) is 3.15. The van der Waals surface area contributed by atoms with Crippen LogP contribution in [0.25, 0.3) is 22.2 Å². The number of hydrogen-bond donors (Lipinski definition) is 2. The zero-order chi connectivity index (χ0) is 17.2. The van der Waals surface area contributed by atoms with Crippen molar-refractivity contribution in [2.75, 3.05) is 5.32 Å². The molecule has 0 atom stereocenters. The molecule has 0 amide bonds. The van der Waals surface area contributed by atoms with Crippen LogP contribution >= 0.6 is 23.1 Å². The summed E-state index contributed by atoms with van der Waals surface area (Å²) in [5, 5.41) is 10.8. The zero-order valence-electron chi connectivity index (χ0n) is 13.0. The highest BCUT2D eigenvalue weighted by Crippen LogP contribution is 2.21. The number of aromatic nitrogens is 3. The maximum Gasteiger partial charge on any atom is 0.253 e. The molecular weight excluding hydrogens is 356 g/mol. The lowest BCUT2D eigenvalue weighted by molar-refractivity contribution is 1.09. The fourth-order valence-corrected chi connectivity index (χ4v) is 3.25. The van der Waals surface area contributed by atoms with E-state index in [1.807, 2.05) is 47.8 Å². The quantitative estimate of drug-likeness (QED) is 0.563. The van der Waals surface area contributed by atoms with Gasteiger partial charge in [0.05, 0.1) is 0 Å². The summed E-state index contributed by atoms with van der Waals surface area (Å²) in [7, 11) is 0. The number of nitrogens with zero attached hydrogens (tertiary/aromatic N) is 2. The number of anilines is 1. The van der Waals surface area contributed by atoms with Crippen LogP contribution in [0.1, 0.15) is 5.56 Å². The smallest absolute Gasteiger partial charge is 0.253 e. The summed E-state index contributed by atoms with van der Waals surface area (Å²) in [5.74, 6) is 0. The Morgan fingerprint density at radius 3 is 2.72 bits per heavy atom. The molecule has 0 aliphatic carbocycles. The summed E-state index contributed by atoms with van der Waals surface area (Å²) in [6.07, 6.45) is 0. The molecule has 0 bridgehead atoms. The topological polar surface area (TPSA) is 70.7 Å². The van der Waals surface area contributed by atoms with Gasteiger partial charge in [-0.3, -0.25) is 4.79 Å². The first-order valence-corrected chi connectivity index (χ1v) is 8.83. The van der Waals surface area contributed by atoms with Gasteiger partial charge in [-0.2, -0.15) is 0 Å². The SMILES string of the molecule is O=c1[nH]c2ccc(Cl)cc2cc1CNc1ccc(-c2csnn2)cc1. The highest BCUT2D eigenvalue weighted by molar-refractivity contribution is 7.03. The monoisotopic (exact) mass is 368 g/mol. The third-order valence-electron chi connectivity index (χ3n) is 3.91. The van der Waals surface area contributed by atoms with Gasteiger partial charge in [-0.15, -0.1) is 5.10 Å². The first-order valence-electron chi connectivity index (χ1n) is 7.62. The lowest BCUT2D eigenvalue weighted by Gasteiger charge is -2.08. The van der Waals surface area contributed by atoms with E-state index in [2.05, 4.69) is 19.9 Å². The highest BCUT2D eigenvalue weighted by atomic mass is 35.5. The van der Waals surface area contributed by atoms with E-state index in [4.69, 9.17) is 11.6 Å². The van der Waals surface area contributed by atoms with Crippen molar-refractivity contribution in [3.05, 3.63) is 74.9 Å². The third-order valence-corrected chi connectivity index (χ3v) is 4.65. The van der Waals surface area contributed by atoms with Gasteiger partial charge in [0, 0.05) is 44.7 Å². The molecule has 7 heteroatoms. The Balaban J connectivity index is 1.54. The van der Waals surface area contributed by atoms with Crippen LogP contribution < -0.4 is 10.9 Å². The largest absolute Gasteiger partial charge is 0.381 e.